The van der Waals surface area contributed by atoms with Crippen molar-refractivity contribution in [3.8, 4) is 0 Å². The second-order valence-corrected chi connectivity index (χ2v) is 4.54. The Morgan fingerprint density at radius 3 is 2.24 bits per heavy atom. The van der Waals surface area contributed by atoms with E-state index in [2.05, 4.69) is 11.8 Å². The smallest absolute Gasteiger partial charge is 0.0594 e. The molecule has 4 N–H and O–H groups in total. The van der Waals surface area contributed by atoms with Crippen molar-refractivity contribution in [2.24, 2.45) is 11.5 Å². The molecule has 1 atom stereocenters. The summed E-state index contributed by atoms with van der Waals surface area (Å²) in [4.78, 5) is 4.40. The van der Waals surface area contributed by atoms with E-state index >= 15 is 0 Å². The fraction of sp³-hybridized carbons (Fsp3) is 1.00. The van der Waals surface area contributed by atoms with Gasteiger partial charge < -0.3 is 16.2 Å². The fourth-order valence-corrected chi connectivity index (χ4v) is 1.50. The molecule has 0 aromatic carbocycles. The molecule has 1 unspecified atom stereocenters. The monoisotopic (exact) mass is 246 g/mol. The molecular weight excluding hydrogens is 216 g/mol. The minimum atomic E-state index is 0.236. The number of hydrogen-bond acceptors (Lipinski definition) is 5. The summed E-state index contributed by atoms with van der Waals surface area (Å²) >= 11 is 0. The number of morpholine rings is 1. The van der Waals surface area contributed by atoms with Gasteiger partial charge in [-0.3, -0.25) is 9.80 Å². The quantitative estimate of drug-likeness (QED) is 0.664. The summed E-state index contributed by atoms with van der Waals surface area (Å²) in [7, 11) is 3.96. The molecule has 1 aliphatic heterocycles. The molecule has 1 fully saturated rings. The van der Waals surface area contributed by atoms with Crippen molar-refractivity contribution >= 4 is 0 Å². The molecule has 1 saturated heterocycles. The van der Waals surface area contributed by atoms with E-state index in [-0.39, 0.29) is 6.17 Å². The number of nitrogens with two attached hydrogens (primary N) is 2. The Hall–Kier alpha value is -0.200. The molecule has 17 heavy (non-hydrogen) atoms. The van der Waals surface area contributed by atoms with Crippen molar-refractivity contribution in [3.05, 3.63) is 0 Å². The van der Waals surface area contributed by atoms with Crippen molar-refractivity contribution < 1.29 is 4.74 Å². The van der Waals surface area contributed by atoms with Crippen LogP contribution in [0.25, 0.3) is 0 Å². The molecular formula is C12H30N4O. The molecule has 0 aromatic heterocycles. The van der Waals surface area contributed by atoms with Gasteiger partial charge in [0.25, 0.3) is 0 Å². The van der Waals surface area contributed by atoms with E-state index in [0.29, 0.717) is 0 Å². The lowest BCUT2D eigenvalue weighted by Crippen LogP contribution is -2.37. The zero-order chi connectivity index (χ0) is 13.1. The number of nitrogens with zero attached hydrogens (tertiary/aromatic N) is 2. The van der Waals surface area contributed by atoms with E-state index in [1.54, 1.807) is 0 Å². The number of hydrogen-bond donors (Lipinski definition) is 2. The molecule has 0 spiro atoms. The van der Waals surface area contributed by atoms with Crippen molar-refractivity contribution in [3.63, 3.8) is 0 Å². The van der Waals surface area contributed by atoms with Crippen molar-refractivity contribution in [1.29, 1.82) is 0 Å². The van der Waals surface area contributed by atoms with Gasteiger partial charge >= 0.3 is 0 Å². The lowest BCUT2D eigenvalue weighted by molar-refractivity contribution is 0.0377. The van der Waals surface area contributed by atoms with Gasteiger partial charge in [-0.1, -0.05) is 6.92 Å². The number of ether oxygens (including phenoxy) is 1. The Morgan fingerprint density at radius 2 is 1.88 bits per heavy atom. The molecule has 0 aliphatic carbocycles. The third kappa shape index (κ3) is 9.50. The van der Waals surface area contributed by atoms with Crippen LogP contribution in [0.3, 0.4) is 0 Å². The fourth-order valence-electron chi connectivity index (χ4n) is 1.50. The minimum absolute atomic E-state index is 0.236. The van der Waals surface area contributed by atoms with Gasteiger partial charge in [-0.15, -0.1) is 0 Å². The van der Waals surface area contributed by atoms with Crippen molar-refractivity contribution in [2.45, 2.75) is 25.9 Å². The molecule has 1 rings (SSSR count). The van der Waals surface area contributed by atoms with Gasteiger partial charge in [-0.05, 0) is 40.0 Å². The largest absolute Gasteiger partial charge is 0.379 e. The van der Waals surface area contributed by atoms with Gasteiger partial charge in [-0.2, -0.15) is 0 Å². The first-order valence-corrected chi connectivity index (χ1v) is 6.54. The van der Waals surface area contributed by atoms with Gasteiger partial charge in [0, 0.05) is 13.1 Å². The van der Waals surface area contributed by atoms with Crippen LogP contribution in [0, 0.1) is 0 Å². The summed E-state index contributed by atoms with van der Waals surface area (Å²) < 4.78 is 5.21. The first-order valence-electron chi connectivity index (χ1n) is 6.54. The van der Waals surface area contributed by atoms with Crippen molar-refractivity contribution in [1.82, 2.24) is 9.80 Å². The van der Waals surface area contributed by atoms with E-state index in [1.165, 1.54) is 0 Å². The Morgan fingerprint density at radius 1 is 1.29 bits per heavy atom. The van der Waals surface area contributed by atoms with Crippen LogP contribution in [0.1, 0.15) is 19.8 Å². The highest BCUT2D eigenvalue weighted by Gasteiger charge is 2.08. The van der Waals surface area contributed by atoms with E-state index in [9.17, 15) is 0 Å². The SMILES string of the molecule is CCC(N)N(C)C.NCCCN1CCOCC1. The standard InChI is InChI=1S/C7H16N2O.C5H14N2/c8-2-1-3-9-4-6-10-7-5-9;1-4-5(6)7(2)3/h1-8H2;5H,4,6H2,1-3H3. The van der Waals surface area contributed by atoms with Crippen LogP contribution < -0.4 is 11.5 Å². The second-order valence-electron chi connectivity index (χ2n) is 4.54. The molecule has 1 aliphatic rings. The summed E-state index contributed by atoms with van der Waals surface area (Å²) in [6, 6.07) is 0. The molecule has 0 radical (unpaired) electrons. The van der Waals surface area contributed by atoms with Gasteiger partial charge in [0.15, 0.2) is 0 Å². The van der Waals surface area contributed by atoms with Gasteiger partial charge in [0.2, 0.25) is 0 Å². The highest BCUT2D eigenvalue weighted by atomic mass is 16.5. The van der Waals surface area contributed by atoms with Crippen LogP contribution in [0.5, 0.6) is 0 Å². The predicted molar refractivity (Wildman–Crippen MR) is 72.9 cm³/mol. The van der Waals surface area contributed by atoms with Gasteiger partial charge in [0.05, 0.1) is 19.4 Å². The normalized spacial score (nSPS) is 18.7. The molecule has 0 bridgehead atoms. The van der Waals surface area contributed by atoms with Crippen molar-refractivity contribution in [2.75, 3.05) is 53.5 Å². The predicted octanol–water partition coefficient (Wildman–Crippen LogP) is -0.0898. The first kappa shape index (κ1) is 16.8. The van der Waals surface area contributed by atoms with Gasteiger partial charge in [-0.25, -0.2) is 0 Å². The van der Waals surface area contributed by atoms with E-state index in [1.807, 2.05) is 19.0 Å². The summed E-state index contributed by atoms with van der Waals surface area (Å²) in [6.07, 6.45) is 2.37. The van der Waals surface area contributed by atoms with Crippen LogP contribution in [-0.4, -0.2) is 69.5 Å². The Balaban J connectivity index is 0.000000325. The van der Waals surface area contributed by atoms with Crippen LogP contribution in [0.15, 0.2) is 0 Å². The topological polar surface area (TPSA) is 67.8 Å². The molecule has 0 aromatic rings. The van der Waals surface area contributed by atoms with Crippen LogP contribution in [0.2, 0.25) is 0 Å². The van der Waals surface area contributed by atoms with E-state index in [4.69, 9.17) is 16.2 Å². The number of rotatable bonds is 5. The zero-order valence-electron chi connectivity index (χ0n) is 11.7. The molecule has 0 amide bonds. The molecule has 0 saturated carbocycles. The Labute approximate surface area is 106 Å². The highest BCUT2D eigenvalue weighted by molar-refractivity contribution is 4.61. The minimum Gasteiger partial charge on any atom is -0.379 e. The third-order valence-corrected chi connectivity index (χ3v) is 2.86. The first-order chi connectivity index (χ1) is 8.11. The summed E-state index contributed by atoms with van der Waals surface area (Å²) in [6.45, 7) is 7.97. The van der Waals surface area contributed by atoms with Gasteiger partial charge in [0.1, 0.15) is 0 Å². The third-order valence-electron chi connectivity index (χ3n) is 2.86. The summed E-state index contributed by atoms with van der Waals surface area (Å²) in [5.74, 6) is 0. The average molecular weight is 246 g/mol. The van der Waals surface area contributed by atoms with Crippen LogP contribution >= 0.6 is 0 Å². The lowest BCUT2D eigenvalue weighted by Gasteiger charge is -2.26. The zero-order valence-corrected chi connectivity index (χ0v) is 11.7. The maximum absolute atomic E-state index is 5.54. The molecule has 5 nitrogen and oxygen atoms in total. The maximum Gasteiger partial charge on any atom is 0.0594 e. The molecule has 104 valence electrons. The maximum atomic E-state index is 5.54. The second kappa shape index (κ2) is 10.9. The van der Waals surface area contributed by atoms with Crippen LogP contribution in [-0.2, 0) is 4.74 Å². The summed E-state index contributed by atoms with van der Waals surface area (Å²) in [5, 5.41) is 0. The van der Waals surface area contributed by atoms with E-state index < -0.39 is 0 Å². The Kier molecular flexibility index (Phi) is 10.8. The molecule has 5 heteroatoms. The van der Waals surface area contributed by atoms with E-state index in [0.717, 1.165) is 52.2 Å². The summed E-state index contributed by atoms with van der Waals surface area (Å²) in [5.41, 5.74) is 10.9. The average Bonchev–Trinajstić information content (AvgIpc) is 2.37. The Bertz CT molecular complexity index is 161. The highest BCUT2D eigenvalue weighted by Crippen LogP contribution is 1.96. The van der Waals surface area contributed by atoms with Crippen LogP contribution in [0.4, 0.5) is 0 Å². The lowest BCUT2D eigenvalue weighted by atomic mass is 10.3. The molecule has 1 heterocycles.